The van der Waals surface area contributed by atoms with Crippen molar-refractivity contribution in [3.05, 3.63) is 10.6 Å². The molecule has 1 N–H and O–H groups in total. The van der Waals surface area contributed by atoms with Gasteiger partial charge in [-0.05, 0) is 26.5 Å². The fraction of sp³-hybridized carbons (Fsp3) is 0.778. The molecular weight excluding hydrogens is 336 g/mol. The van der Waals surface area contributed by atoms with Crippen LogP contribution in [-0.2, 0) is 4.79 Å². The summed E-state index contributed by atoms with van der Waals surface area (Å²) in [4.78, 5) is 24.7. The van der Waals surface area contributed by atoms with Crippen LogP contribution in [-0.4, -0.2) is 89.7 Å². The predicted molar refractivity (Wildman–Crippen MR) is 103 cm³/mol. The van der Waals surface area contributed by atoms with Crippen molar-refractivity contribution in [2.24, 2.45) is 4.99 Å². The van der Waals surface area contributed by atoms with E-state index in [0.717, 1.165) is 43.2 Å². The molecule has 2 saturated heterocycles. The third kappa shape index (κ3) is 4.45. The van der Waals surface area contributed by atoms with Crippen LogP contribution in [0.15, 0.2) is 15.6 Å². The van der Waals surface area contributed by atoms with Crippen LogP contribution in [0.4, 0.5) is 0 Å². The number of aliphatic imine (C=N–C) groups is 1. The molecule has 0 bridgehead atoms. The molecule has 3 aliphatic heterocycles. The van der Waals surface area contributed by atoms with Gasteiger partial charge in [-0.15, -0.1) is 0 Å². The van der Waals surface area contributed by atoms with Gasteiger partial charge < -0.3 is 10.0 Å². The molecule has 3 heterocycles. The molecule has 0 aromatic carbocycles. The van der Waals surface area contributed by atoms with E-state index >= 15 is 0 Å². The largest absolute Gasteiger partial charge is 0.385 e. The number of nitrogens with zero attached hydrogens (tertiary/aromatic N) is 4. The molecule has 0 radical (unpaired) electrons. The lowest BCUT2D eigenvalue weighted by Crippen LogP contribution is -2.59. The van der Waals surface area contributed by atoms with Crippen LogP contribution >= 0.6 is 11.8 Å². The molecule has 2 unspecified atom stereocenters. The summed E-state index contributed by atoms with van der Waals surface area (Å²) in [7, 11) is 0. The molecule has 0 saturated carbocycles. The molecular formula is C18H30N4O2S. The lowest BCUT2D eigenvalue weighted by Gasteiger charge is -2.47. The van der Waals surface area contributed by atoms with Crippen LogP contribution in [0, 0.1) is 0 Å². The van der Waals surface area contributed by atoms with Crippen molar-refractivity contribution in [3.8, 4) is 0 Å². The van der Waals surface area contributed by atoms with Gasteiger partial charge in [0, 0.05) is 56.1 Å². The zero-order valence-corrected chi connectivity index (χ0v) is 16.0. The van der Waals surface area contributed by atoms with Gasteiger partial charge in [-0.25, -0.2) is 0 Å². The summed E-state index contributed by atoms with van der Waals surface area (Å²) in [5.41, 5.74) is 0.965. The number of carbonyl (C=O) groups is 1. The number of hydrogen-bond acceptors (Lipinski definition) is 6. The fourth-order valence-electron chi connectivity index (χ4n) is 4.33. The number of piperidine rings is 1. The highest BCUT2D eigenvalue weighted by Gasteiger charge is 2.34. The van der Waals surface area contributed by atoms with Crippen LogP contribution in [0.1, 0.15) is 32.6 Å². The molecule has 25 heavy (non-hydrogen) atoms. The summed E-state index contributed by atoms with van der Waals surface area (Å²) in [6, 6.07) is 1.20. The van der Waals surface area contributed by atoms with E-state index < -0.39 is 0 Å². The molecule has 3 rings (SSSR count). The highest BCUT2D eigenvalue weighted by atomic mass is 32.2. The van der Waals surface area contributed by atoms with Crippen molar-refractivity contribution >= 4 is 24.4 Å². The van der Waals surface area contributed by atoms with E-state index in [4.69, 9.17) is 0 Å². The minimum Gasteiger partial charge on any atom is -0.385 e. The van der Waals surface area contributed by atoms with Gasteiger partial charge in [-0.3, -0.25) is 19.6 Å². The van der Waals surface area contributed by atoms with Crippen molar-refractivity contribution < 1.29 is 9.90 Å². The first kappa shape index (κ1) is 18.9. The Labute approximate surface area is 154 Å². The van der Waals surface area contributed by atoms with E-state index in [2.05, 4.69) is 33.3 Å². The lowest BCUT2D eigenvalue weighted by atomic mass is 9.94. The molecule has 1 amide bonds. The number of thioether (sulfide) groups is 1. The highest BCUT2D eigenvalue weighted by Crippen LogP contribution is 2.28. The number of fused-ring (bicyclic) bond motifs is 1. The normalized spacial score (nSPS) is 28.8. The van der Waals surface area contributed by atoms with Crippen LogP contribution < -0.4 is 0 Å². The Hall–Kier alpha value is -0.890. The van der Waals surface area contributed by atoms with Gasteiger partial charge in [0.05, 0.1) is 18.2 Å². The van der Waals surface area contributed by atoms with E-state index in [9.17, 15) is 9.90 Å². The maximum Gasteiger partial charge on any atom is 0.236 e. The topological polar surface area (TPSA) is 59.4 Å². The Morgan fingerprint density at radius 2 is 2.20 bits per heavy atom. The summed E-state index contributed by atoms with van der Waals surface area (Å²) in [6.45, 7) is 10.6. The first-order valence-electron chi connectivity index (χ1n) is 9.30. The summed E-state index contributed by atoms with van der Waals surface area (Å²) >= 11 is 1.39. The Morgan fingerprint density at radius 3 is 2.96 bits per heavy atom. The summed E-state index contributed by atoms with van der Waals surface area (Å²) in [5, 5.41) is 9.20. The number of carbonyl (C=O) groups excluding carboxylic acids is 1. The van der Waals surface area contributed by atoms with Crippen molar-refractivity contribution in [1.82, 2.24) is 14.7 Å². The van der Waals surface area contributed by atoms with Gasteiger partial charge in [0.15, 0.2) is 0 Å². The minimum absolute atomic E-state index is 0.0396. The fourth-order valence-corrected chi connectivity index (χ4v) is 5.09. The lowest BCUT2D eigenvalue weighted by molar-refractivity contribution is -0.136. The SMILES string of the molecule is C=NC1=C(SCO)CN(CC(=O)N2CCN3C(C)CCCC3C2)CC1. The van der Waals surface area contributed by atoms with E-state index in [-0.39, 0.29) is 11.8 Å². The predicted octanol–water partition coefficient (Wildman–Crippen LogP) is 1.37. The van der Waals surface area contributed by atoms with Crippen molar-refractivity contribution in [2.75, 3.05) is 45.2 Å². The third-order valence-electron chi connectivity index (χ3n) is 5.75. The third-order valence-corrected chi connectivity index (χ3v) is 6.59. The molecule has 0 aromatic rings. The summed E-state index contributed by atoms with van der Waals surface area (Å²) < 4.78 is 0. The number of aliphatic hydroxyl groups is 1. The molecule has 140 valence electrons. The summed E-state index contributed by atoms with van der Waals surface area (Å²) in [5.74, 6) is 0.277. The molecule has 0 aromatic heterocycles. The second-order valence-corrected chi connectivity index (χ2v) is 8.31. The molecule has 2 atom stereocenters. The average Bonchev–Trinajstić information content (AvgIpc) is 2.62. The van der Waals surface area contributed by atoms with Crippen LogP contribution in [0.3, 0.4) is 0 Å². The molecule has 3 aliphatic rings. The Morgan fingerprint density at radius 1 is 1.36 bits per heavy atom. The standard InChI is InChI=1S/C18H30N4O2S/c1-14-4-3-5-15-10-21(8-9-22(14)15)18(24)12-20-7-6-16(19-2)17(11-20)25-13-23/h14-15,23H,2-13H2,1H3. The molecule has 0 aliphatic carbocycles. The van der Waals surface area contributed by atoms with Gasteiger partial charge in [-0.2, -0.15) is 0 Å². The maximum absolute atomic E-state index is 12.8. The smallest absolute Gasteiger partial charge is 0.236 e. The zero-order valence-electron chi connectivity index (χ0n) is 15.2. The van der Waals surface area contributed by atoms with E-state index in [1.54, 1.807) is 0 Å². The molecule has 2 fully saturated rings. The monoisotopic (exact) mass is 366 g/mol. The molecule has 0 spiro atoms. The number of amides is 1. The van der Waals surface area contributed by atoms with E-state index in [1.807, 2.05) is 0 Å². The van der Waals surface area contributed by atoms with Crippen molar-refractivity contribution in [2.45, 2.75) is 44.7 Å². The first-order valence-corrected chi connectivity index (χ1v) is 10.3. The van der Waals surface area contributed by atoms with Gasteiger partial charge in [0.25, 0.3) is 0 Å². The Bertz CT molecular complexity index is 539. The van der Waals surface area contributed by atoms with Gasteiger partial charge in [-0.1, -0.05) is 18.2 Å². The number of rotatable bonds is 5. The Kier molecular flexibility index (Phi) is 6.55. The molecule has 7 heteroatoms. The summed E-state index contributed by atoms with van der Waals surface area (Å²) in [6.07, 6.45) is 4.58. The second-order valence-electron chi connectivity index (χ2n) is 7.27. The maximum atomic E-state index is 12.8. The van der Waals surface area contributed by atoms with Crippen molar-refractivity contribution in [3.63, 3.8) is 0 Å². The van der Waals surface area contributed by atoms with Gasteiger partial charge in [0.1, 0.15) is 0 Å². The van der Waals surface area contributed by atoms with Crippen molar-refractivity contribution in [1.29, 1.82) is 0 Å². The van der Waals surface area contributed by atoms with Crippen LogP contribution in [0.5, 0.6) is 0 Å². The minimum atomic E-state index is 0.0396. The highest BCUT2D eigenvalue weighted by molar-refractivity contribution is 8.02. The number of aliphatic hydroxyl groups excluding tert-OH is 1. The quantitative estimate of drug-likeness (QED) is 0.588. The van der Waals surface area contributed by atoms with Gasteiger partial charge in [0.2, 0.25) is 5.91 Å². The number of hydrogen-bond donors (Lipinski definition) is 1. The van der Waals surface area contributed by atoms with Gasteiger partial charge >= 0.3 is 0 Å². The Balaban J connectivity index is 1.54. The molecule has 6 nitrogen and oxygen atoms in total. The first-order chi connectivity index (χ1) is 12.1. The zero-order chi connectivity index (χ0) is 17.8. The number of piperazine rings is 1. The van der Waals surface area contributed by atoms with Crippen LogP contribution in [0.25, 0.3) is 0 Å². The van der Waals surface area contributed by atoms with E-state index in [1.165, 1.54) is 31.0 Å². The second kappa shape index (κ2) is 8.66. The average molecular weight is 367 g/mol. The van der Waals surface area contributed by atoms with Crippen LogP contribution in [0.2, 0.25) is 0 Å². The van der Waals surface area contributed by atoms with E-state index in [0.29, 0.717) is 25.2 Å².